The Morgan fingerprint density at radius 1 is 0.806 bits per heavy atom. The van der Waals surface area contributed by atoms with Gasteiger partial charge in [-0.1, -0.05) is 24.3 Å². The van der Waals surface area contributed by atoms with Crippen molar-refractivity contribution in [2.75, 3.05) is 6.61 Å². The summed E-state index contributed by atoms with van der Waals surface area (Å²) in [7, 11) is 0. The summed E-state index contributed by atoms with van der Waals surface area (Å²) in [6, 6.07) is 15.7. The first-order chi connectivity index (χ1) is 17.3. The molecular weight excluding hydrogens is 532 g/mol. The second-order valence-corrected chi connectivity index (χ2v) is 8.87. The number of aromatic hydroxyl groups is 3. The summed E-state index contributed by atoms with van der Waals surface area (Å²) >= 11 is 3.28. The first kappa shape index (κ1) is 23.5. The van der Waals surface area contributed by atoms with Gasteiger partial charge >= 0.3 is 11.3 Å². The monoisotopic (exact) mass is 550 g/mol. The normalized spacial score (nSPS) is 11.4. The van der Waals surface area contributed by atoms with E-state index in [1.165, 1.54) is 24.3 Å². The minimum atomic E-state index is -1.34. The Hall–Kier alpha value is -4.24. The summed E-state index contributed by atoms with van der Waals surface area (Å²) in [4.78, 5) is 26.5. The molecule has 36 heavy (non-hydrogen) atoms. The van der Waals surface area contributed by atoms with Crippen LogP contribution in [0.3, 0.4) is 0 Å². The molecule has 0 unspecified atom stereocenters. The smallest absolute Gasteiger partial charge is 0.344 e. The molecule has 8 nitrogen and oxygen atoms in total. The molecule has 0 fully saturated rings. The van der Waals surface area contributed by atoms with E-state index < -0.39 is 28.7 Å². The van der Waals surface area contributed by atoms with Gasteiger partial charge in [0.05, 0.1) is 38.9 Å². The largest absolute Gasteiger partial charge is 0.507 e. The molecule has 0 amide bonds. The predicted molar refractivity (Wildman–Crippen MR) is 136 cm³/mol. The fraction of sp³-hybridized carbons (Fsp3) is 0.111. The van der Waals surface area contributed by atoms with E-state index in [0.29, 0.717) is 0 Å². The van der Waals surface area contributed by atoms with Crippen molar-refractivity contribution in [2.24, 2.45) is 0 Å². The van der Waals surface area contributed by atoms with Gasteiger partial charge in [-0.2, -0.15) is 0 Å². The molecular formula is C27H19BrO8. The molecule has 0 atom stereocenters. The van der Waals surface area contributed by atoms with Crippen molar-refractivity contribution in [1.82, 2.24) is 0 Å². The van der Waals surface area contributed by atoms with E-state index in [1.54, 1.807) is 43.3 Å². The SMILES string of the molecule is CCOc1cc(C(c2c(O)c3ccccc3oc2=O)c2c(O)c3ccccc3oc2=O)cc(Br)c1O. The van der Waals surface area contributed by atoms with E-state index >= 15 is 0 Å². The summed E-state index contributed by atoms with van der Waals surface area (Å²) in [6.07, 6.45) is 0. The number of hydrogen-bond donors (Lipinski definition) is 3. The molecule has 5 aromatic rings. The topological polar surface area (TPSA) is 130 Å². The van der Waals surface area contributed by atoms with Crippen LogP contribution in [-0.4, -0.2) is 21.9 Å². The van der Waals surface area contributed by atoms with Crippen molar-refractivity contribution >= 4 is 37.9 Å². The van der Waals surface area contributed by atoms with Gasteiger partial charge in [-0.3, -0.25) is 0 Å². The van der Waals surface area contributed by atoms with Crippen LogP contribution < -0.4 is 16.0 Å². The molecule has 0 radical (unpaired) electrons. The highest BCUT2D eigenvalue weighted by molar-refractivity contribution is 9.10. The molecule has 2 heterocycles. The van der Waals surface area contributed by atoms with Crippen molar-refractivity contribution < 1.29 is 28.9 Å². The van der Waals surface area contributed by atoms with Gasteiger partial charge in [0.15, 0.2) is 11.5 Å². The minimum absolute atomic E-state index is 0.0706. The van der Waals surface area contributed by atoms with Crippen LogP contribution in [0.25, 0.3) is 21.9 Å². The zero-order chi connectivity index (χ0) is 25.6. The van der Waals surface area contributed by atoms with Crippen molar-refractivity contribution in [1.29, 1.82) is 0 Å². The van der Waals surface area contributed by atoms with Gasteiger partial charge < -0.3 is 28.9 Å². The molecule has 0 aliphatic heterocycles. The Balaban J connectivity index is 1.92. The fourth-order valence-corrected chi connectivity index (χ4v) is 4.77. The first-order valence-corrected chi connectivity index (χ1v) is 11.8. The Morgan fingerprint density at radius 3 is 1.81 bits per heavy atom. The second kappa shape index (κ2) is 9.09. The molecule has 0 bridgehead atoms. The van der Waals surface area contributed by atoms with Crippen LogP contribution in [0.15, 0.2) is 83.6 Å². The van der Waals surface area contributed by atoms with E-state index in [9.17, 15) is 24.9 Å². The maximum Gasteiger partial charge on any atom is 0.344 e. The lowest BCUT2D eigenvalue weighted by Crippen LogP contribution is -2.21. The lowest BCUT2D eigenvalue weighted by atomic mass is 9.84. The Labute approximate surface area is 211 Å². The third-order valence-corrected chi connectivity index (χ3v) is 6.51. The molecule has 9 heteroatoms. The van der Waals surface area contributed by atoms with Gasteiger partial charge in [-0.05, 0) is 64.8 Å². The number of rotatable bonds is 5. The number of ether oxygens (including phenoxy) is 1. The van der Waals surface area contributed by atoms with Crippen LogP contribution in [0.1, 0.15) is 29.5 Å². The average molecular weight is 551 g/mol. The fourth-order valence-electron chi connectivity index (χ4n) is 4.31. The van der Waals surface area contributed by atoms with Crippen molar-refractivity contribution in [3.05, 3.63) is 103 Å². The zero-order valence-electron chi connectivity index (χ0n) is 18.8. The number of benzene rings is 3. The molecule has 5 rings (SSSR count). The molecule has 0 saturated heterocycles. The van der Waals surface area contributed by atoms with Crippen molar-refractivity contribution in [3.8, 4) is 23.0 Å². The van der Waals surface area contributed by atoms with Gasteiger partial charge in [0, 0.05) is 0 Å². The summed E-state index contributed by atoms with van der Waals surface area (Å²) < 4.78 is 16.7. The second-order valence-electron chi connectivity index (χ2n) is 8.01. The van der Waals surface area contributed by atoms with Crippen molar-refractivity contribution in [2.45, 2.75) is 12.8 Å². The summed E-state index contributed by atoms with van der Waals surface area (Å²) in [5.74, 6) is -2.30. The van der Waals surface area contributed by atoms with Gasteiger partial charge in [-0.25, -0.2) is 9.59 Å². The lowest BCUT2D eigenvalue weighted by molar-refractivity contribution is 0.316. The van der Waals surface area contributed by atoms with E-state index in [0.717, 1.165) is 0 Å². The highest BCUT2D eigenvalue weighted by Crippen LogP contribution is 2.45. The Kier molecular flexibility index (Phi) is 5.93. The van der Waals surface area contributed by atoms with Crippen LogP contribution in [0, 0.1) is 0 Å². The third kappa shape index (κ3) is 3.77. The van der Waals surface area contributed by atoms with E-state index in [2.05, 4.69) is 15.9 Å². The van der Waals surface area contributed by atoms with Crippen LogP contribution in [-0.2, 0) is 0 Å². The summed E-state index contributed by atoms with van der Waals surface area (Å²) in [6.45, 7) is 1.95. The summed E-state index contributed by atoms with van der Waals surface area (Å²) in [5, 5.41) is 33.4. The predicted octanol–water partition coefficient (Wildman–Crippen LogP) is 5.36. The molecule has 0 spiro atoms. The van der Waals surface area contributed by atoms with Gasteiger partial charge in [0.1, 0.15) is 22.7 Å². The van der Waals surface area contributed by atoms with Gasteiger partial charge in [0.25, 0.3) is 0 Å². The molecule has 0 aliphatic rings. The van der Waals surface area contributed by atoms with Gasteiger partial charge in [-0.15, -0.1) is 0 Å². The van der Waals surface area contributed by atoms with Crippen LogP contribution in [0.5, 0.6) is 23.0 Å². The molecule has 2 aromatic heterocycles. The molecule has 182 valence electrons. The minimum Gasteiger partial charge on any atom is -0.507 e. The number of para-hydroxylation sites is 2. The average Bonchev–Trinajstić information content (AvgIpc) is 2.86. The van der Waals surface area contributed by atoms with E-state index in [4.69, 9.17) is 13.6 Å². The third-order valence-electron chi connectivity index (χ3n) is 5.90. The summed E-state index contributed by atoms with van der Waals surface area (Å²) in [5.41, 5.74) is -1.84. The van der Waals surface area contributed by atoms with E-state index in [-0.39, 0.29) is 61.2 Å². The zero-order valence-corrected chi connectivity index (χ0v) is 20.4. The molecule has 0 aliphatic carbocycles. The van der Waals surface area contributed by atoms with Crippen molar-refractivity contribution in [3.63, 3.8) is 0 Å². The van der Waals surface area contributed by atoms with E-state index in [1.807, 2.05) is 0 Å². The maximum atomic E-state index is 13.3. The highest BCUT2D eigenvalue weighted by atomic mass is 79.9. The van der Waals surface area contributed by atoms with Crippen LogP contribution in [0.2, 0.25) is 0 Å². The van der Waals surface area contributed by atoms with Gasteiger partial charge in [0.2, 0.25) is 0 Å². The number of phenolic OH excluding ortho intramolecular Hbond substituents is 1. The Morgan fingerprint density at radius 2 is 1.31 bits per heavy atom. The van der Waals surface area contributed by atoms with Crippen LogP contribution in [0.4, 0.5) is 0 Å². The number of fused-ring (bicyclic) bond motifs is 2. The molecule has 0 saturated carbocycles. The molecule has 3 N–H and O–H groups in total. The first-order valence-electron chi connectivity index (χ1n) is 11.0. The highest BCUT2D eigenvalue weighted by Gasteiger charge is 2.33. The Bertz CT molecular complexity index is 1650. The quantitative estimate of drug-likeness (QED) is 0.249. The van der Waals surface area contributed by atoms with Crippen LogP contribution >= 0.6 is 15.9 Å². The number of hydrogen-bond acceptors (Lipinski definition) is 8. The number of halogens is 1. The maximum absolute atomic E-state index is 13.3. The standard InChI is InChI=1S/C27H19BrO8/c1-2-34-19-12-13(11-16(28)25(19)31)20(21-23(29)14-7-3-5-9-17(14)35-26(21)32)22-24(30)15-8-4-6-10-18(15)36-27(22)33/h3-12,20,29-31H,2H2,1H3. The number of phenols is 1. The molecule has 3 aromatic carbocycles. The lowest BCUT2D eigenvalue weighted by Gasteiger charge is -2.21.